The second-order valence-corrected chi connectivity index (χ2v) is 9.40. The maximum Gasteiger partial charge on any atom is 0.295 e. The van der Waals surface area contributed by atoms with Crippen molar-refractivity contribution in [3.05, 3.63) is 46.4 Å². The number of para-hydroxylation sites is 1. The van der Waals surface area contributed by atoms with Crippen LogP contribution in [0.2, 0.25) is 0 Å². The van der Waals surface area contributed by atoms with E-state index in [2.05, 4.69) is 5.32 Å². The zero-order valence-electron chi connectivity index (χ0n) is 15.3. The quantitative estimate of drug-likeness (QED) is 0.819. The Bertz CT molecular complexity index is 1050. The number of amides is 1. The van der Waals surface area contributed by atoms with Gasteiger partial charge in [0.1, 0.15) is 5.69 Å². The third-order valence-corrected chi connectivity index (χ3v) is 7.66. The molecule has 4 rings (SSSR count). The number of nitrogens with one attached hydrogen (secondary N) is 1. The van der Waals surface area contributed by atoms with Crippen molar-refractivity contribution in [2.45, 2.75) is 25.0 Å². The number of benzene rings is 1. The Kier molecular flexibility index (Phi) is 4.23. The van der Waals surface area contributed by atoms with E-state index in [-0.39, 0.29) is 35.5 Å². The number of carbonyl (C=O) groups is 1. The highest BCUT2D eigenvalue weighted by atomic mass is 32.2. The average molecular weight is 390 g/mol. The van der Waals surface area contributed by atoms with Gasteiger partial charge >= 0.3 is 0 Å². The lowest BCUT2D eigenvalue weighted by atomic mass is 10.0. The molecule has 0 bridgehead atoms. The zero-order chi connectivity index (χ0) is 19.3. The molecular weight excluding hydrogens is 368 g/mol. The topological polar surface area (TPSA) is 93.4 Å². The fourth-order valence-corrected chi connectivity index (χ4v) is 5.25. The molecule has 1 saturated carbocycles. The first-order valence-electron chi connectivity index (χ1n) is 8.94. The van der Waals surface area contributed by atoms with E-state index in [1.54, 1.807) is 18.7 Å². The van der Waals surface area contributed by atoms with E-state index >= 15 is 0 Å². The number of hydrogen-bond acceptors (Lipinski definition) is 4. The van der Waals surface area contributed by atoms with Crippen molar-refractivity contribution < 1.29 is 13.2 Å². The van der Waals surface area contributed by atoms with Gasteiger partial charge in [0.2, 0.25) is 15.9 Å². The number of aromatic nitrogens is 2. The molecule has 1 aliphatic carbocycles. The van der Waals surface area contributed by atoms with E-state index in [0.29, 0.717) is 24.2 Å². The minimum Gasteiger partial charge on any atom is -0.320 e. The summed E-state index contributed by atoms with van der Waals surface area (Å²) < 4.78 is 28.9. The third kappa shape index (κ3) is 3.00. The Balaban J connectivity index is 1.51. The van der Waals surface area contributed by atoms with Crippen molar-refractivity contribution in [2.75, 3.05) is 18.4 Å². The summed E-state index contributed by atoms with van der Waals surface area (Å²) in [6.07, 6.45) is 1.41. The summed E-state index contributed by atoms with van der Waals surface area (Å²) in [6.45, 7) is 2.13. The molecule has 2 aliphatic rings. The lowest BCUT2D eigenvalue weighted by Crippen LogP contribution is -2.55. The number of nitrogens with zero attached hydrogens (tertiary/aromatic N) is 3. The molecule has 0 unspecified atom stereocenters. The third-order valence-electron chi connectivity index (χ3n) is 5.33. The van der Waals surface area contributed by atoms with Gasteiger partial charge in [-0.2, -0.15) is 4.31 Å². The van der Waals surface area contributed by atoms with Crippen LogP contribution >= 0.6 is 0 Å². The van der Waals surface area contributed by atoms with Crippen LogP contribution in [0, 0.1) is 12.8 Å². The highest BCUT2D eigenvalue weighted by Crippen LogP contribution is 2.34. The van der Waals surface area contributed by atoms with Gasteiger partial charge in [0, 0.05) is 20.1 Å². The van der Waals surface area contributed by atoms with Crippen LogP contribution in [0.1, 0.15) is 18.5 Å². The Morgan fingerprint density at radius 2 is 1.78 bits per heavy atom. The molecule has 0 radical (unpaired) electrons. The molecule has 1 aromatic heterocycles. The molecule has 1 amide bonds. The van der Waals surface area contributed by atoms with Crippen molar-refractivity contribution >= 4 is 21.6 Å². The van der Waals surface area contributed by atoms with Crippen LogP contribution in [0.15, 0.2) is 35.1 Å². The van der Waals surface area contributed by atoms with E-state index in [1.165, 1.54) is 8.99 Å². The highest BCUT2D eigenvalue weighted by molar-refractivity contribution is 7.90. The molecule has 8 nitrogen and oxygen atoms in total. The smallest absolute Gasteiger partial charge is 0.295 e. The summed E-state index contributed by atoms with van der Waals surface area (Å²) in [5.41, 5.74) is 1.27. The van der Waals surface area contributed by atoms with Crippen molar-refractivity contribution in [1.82, 2.24) is 13.7 Å². The van der Waals surface area contributed by atoms with Gasteiger partial charge in [-0.3, -0.25) is 14.3 Å². The molecule has 1 aliphatic heterocycles. The number of rotatable bonds is 5. The van der Waals surface area contributed by atoms with Crippen LogP contribution in [0.3, 0.4) is 0 Å². The minimum absolute atomic E-state index is 0.184. The molecule has 1 N–H and O–H groups in total. The van der Waals surface area contributed by atoms with Crippen LogP contribution in [0.5, 0.6) is 0 Å². The fourth-order valence-electron chi connectivity index (χ4n) is 3.33. The second kappa shape index (κ2) is 6.35. The summed E-state index contributed by atoms with van der Waals surface area (Å²) in [7, 11) is -1.48. The fraction of sp³-hybridized carbons (Fsp3) is 0.444. The van der Waals surface area contributed by atoms with Gasteiger partial charge in [0.15, 0.2) is 0 Å². The standard InChI is InChI=1S/C18H22N4O4S/c1-12-16(18(24)22(20(12)2)14-6-4-3-5-7-14)19-17(23)13-10-21(11-13)27(25,26)15-8-9-15/h3-7,13,15H,8-11H2,1-2H3,(H,19,23). The lowest BCUT2D eigenvalue weighted by molar-refractivity contribution is -0.122. The van der Waals surface area contributed by atoms with Crippen LogP contribution in [0.4, 0.5) is 5.69 Å². The van der Waals surface area contributed by atoms with Crippen LogP contribution in [-0.4, -0.2) is 46.3 Å². The van der Waals surface area contributed by atoms with Crippen molar-refractivity contribution in [2.24, 2.45) is 13.0 Å². The maximum absolute atomic E-state index is 12.8. The summed E-state index contributed by atoms with van der Waals surface area (Å²) in [4.78, 5) is 25.3. The molecule has 27 heavy (non-hydrogen) atoms. The van der Waals surface area contributed by atoms with E-state index in [1.807, 2.05) is 30.3 Å². The van der Waals surface area contributed by atoms with Gasteiger partial charge in [0.25, 0.3) is 5.56 Å². The van der Waals surface area contributed by atoms with Gasteiger partial charge in [-0.15, -0.1) is 0 Å². The summed E-state index contributed by atoms with van der Waals surface area (Å²) >= 11 is 0. The van der Waals surface area contributed by atoms with E-state index in [9.17, 15) is 18.0 Å². The second-order valence-electron chi connectivity index (χ2n) is 7.18. The molecule has 144 valence electrons. The van der Waals surface area contributed by atoms with Gasteiger partial charge in [-0.25, -0.2) is 13.1 Å². The predicted molar refractivity (Wildman–Crippen MR) is 101 cm³/mol. The van der Waals surface area contributed by atoms with Gasteiger partial charge in [0.05, 0.1) is 22.5 Å². The Morgan fingerprint density at radius 3 is 2.37 bits per heavy atom. The molecule has 2 heterocycles. The number of anilines is 1. The predicted octanol–water partition coefficient (Wildman–Crippen LogP) is 0.847. The Morgan fingerprint density at radius 1 is 1.15 bits per heavy atom. The SMILES string of the molecule is Cc1c(NC(=O)C2CN(S(=O)(=O)C3CC3)C2)c(=O)n(-c2ccccc2)n1C. The van der Waals surface area contributed by atoms with E-state index < -0.39 is 15.9 Å². The molecule has 2 fully saturated rings. The van der Waals surface area contributed by atoms with Crippen molar-refractivity contribution in [3.63, 3.8) is 0 Å². The molecule has 9 heteroatoms. The van der Waals surface area contributed by atoms with E-state index in [4.69, 9.17) is 0 Å². The number of hydrogen-bond donors (Lipinski definition) is 1. The van der Waals surface area contributed by atoms with Crippen LogP contribution in [-0.2, 0) is 21.9 Å². The molecule has 0 atom stereocenters. The molecular formula is C18H22N4O4S. The molecule has 1 saturated heterocycles. The summed E-state index contributed by atoms with van der Waals surface area (Å²) in [5, 5.41) is 2.45. The highest BCUT2D eigenvalue weighted by Gasteiger charge is 2.47. The minimum atomic E-state index is -3.24. The van der Waals surface area contributed by atoms with Gasteiger partial charge in [-0.1, -0.05) is 18.2 Å². The number of carbonyl (C=O) groups excluding carboxylic acids is 1. The van der Waals surface area contributed by atoms with Crippen molar-refractivity contribution in [1.29, 1.82) is 0 Å². The van der Waals surface area contributed by atoms with Crippen LogP contribution in [0.25, 0.3) is 5.69 Å². The monoisotopic (exact) mass is 390 g/mol. The number of sulfonamides is 1. The van der Waals surface area contributed by atoms with Gasteiger partial charge in [-0.05, 0) is 31.9 Å². The van der Waals surface area contributed by atoms with E-state index in [0.717, 1.165) is 0 Å². The average Bonchev–Trinajstić information content (AvgIpc) is 3.41. The Labute approximate surface area is 157 Å². The maximum atomic E-state index is 12.8. The largest absolute Gasteiger partial charge is 0.320 e. The lowest BCUT2D eigenvalue weighted by Gasteiger charge is -2.37. The summed E-state index contributed by atoms with van der Waals surface area (Å²) in [6, 6.07) is 9.18. The normalized spacial score (nSPS) is 18.3. The molecule has 1 aromatic carbocycles. The van der Waals surface area contributed by atoms with Gasteiger partial charge < -0.3 is 5.32 Å². The Hall–Kier alpha value is -2.39. The summed E-state index contributed by atoms with van der Waals surface area (Å²) in [5.74, 6) is -0.744. The molecule has 0 spiro atoms. The zero-order valence-corrected chi connectivity index (χ0v) is 16.1. The first-order valence-corrected chi connectivity index (χ1v) is 10.4. The first kappa shape index (κ1) is 18.0. The first-order chi connectivity index (χ1) is 12.8. The van der Waals surface area contributed by atoms with Crippen molar-refractivity contribution in [3.8, 4) is 5.69 Å². The van der Waals surface area contributed by atoms with Crippen LogP contribution < -0.4 is 10.9 Å². The molecule has 2 aromatic rings.